The molecule has 0 spiro atoms. The number of fused-ring (bicyclic) bond motifs is 1. The zero-order valence-corrected chi connectivity index (χ0v) is 21.7. The third-order valence-electron chi connectivity index (χ3n) is 5.73. The van der Waals surface area contributed by atoms with Crippen LogP contribution in [0.4, 0.5) is 5.69 Å². The molecule has 0 saturated carbocycles. The molecule has 1 heterocycles. The molecular formula is C27H25N3O7S. The molecule has 10 nitrogen and oxygen atoms in total. The van der Waals surface area contributed by atoms with E-state index in [4.69, 9.17) is 19.2 Å². The molecule has 1 aromatic heterocycles. The van der Waals surface area contributed by atoms with E-state index in [2.05, 4.69) is 11.4 Å². The molecule has 0 aliphatic heterocycles. The zero-order valence-electron chi connectivity index (χ0n) is 20.9. The molecule has 196 valence electrons. The van der Waals surface area contributed by atoms with Gasteiger partial charge in [0, 0.05) is 24.1 Å². The van der Waals surface area contributed by atoms with Crippen molar-refractivity contribution < 1.29 is 32.2 Å². The lowest BCUT2D eigenvalue weighted by molar-refractivity contribution is 0.0964. The van der Waals surface area contributed by atoms with Crippen molar-refractivity contribution in [2.24, 2.45) is 0 Å². The summed E-state index contributed by atoms with van der Waals surface area (Å²) in [5.74, 6) is 1.07. The highest BCUT2D eigenvalue weighted by molar-refractivity contribution is 7.92. The number of nitrogens with zero attached hydrogens (tertiary/aromatic N) is 2. The number of aliphatic hydroxyl groups is 1. The second-order valence-electron chi connectivity index (χ2n) is 8.23. The van der Waals surface area contributed by atoms with Crippen LogP contribution < -0.4 is 19.1 Å². The topological polar surface area (TPSA) is 142 Å². The van der Waals surface area contributed by atoms with Gasteiger partial charge in [-0.25, -0.2) is 8.42 Å². The lowest BCUT2D eigenvalue weighted by Gasteiger charge is -2.23. The third kappa shape index (κ3) is 5.27. The highest BCUT2D eigenvalue weighted by atomic mass is 32.2. The molecule has 4 rings (SSSR count). The maximum Gasteiger partial charge on any atom is 0.255 e. The number of nitriles is 1. The van der Waals surface area contributed by atoms with Crippen molar-refractivity contribution in [2.45, 2.75) is 0 Å². The van der Waals surface area contributed by atoms with Crippen LogP contribution in [0.5, 0.6) is 17.2 Å². The number of nitrogens with one attached hydrogen (secondary N) is 1. The van der Waals surface area contributed by atoms with E-state index in [1.807, 2.05) is 0 Å². The van der Waals surface area contributed by atoms with E-state index in [1.165, 1.54) is 26.3 Å². The summed E-state index contributed by atoms with van der Waals surface area (Å²) >= 11 is 0. The molecule has 4 aromatic rings. The number of rotatable bonds is 9. The van der Waals surface area contributed by atoms with Crippen molar-refractivity contribution in [3.05, 3.63) is 71.8 Å². The van der Waals surface area contributed by atoms with Gasteiger partial charge in [0.15, 0.2) is 0 Å². The zero-order chi connectivity index (χ0) is 27.4. The van der Waals surface area contributed by atoms with Crippen LogP contribution in [0.3, 0.4) is 0 Å². The summed E-state index contributed by atoms with van der Waals surface area (Å²) in [6.07, 6.45) is 1.02. The highest BCUT2D eigenvalue weighted by Gasteiger charge is 2.27. The van der Waals surface area contributed by atoms with E-state index in [0.29, 0.717) is 28.0 Å². The molecular weight excluding hydrogens is 510 g/mol. The van der Waals surface area contributed by atoms with Gasteiger partial charge in [-0.3, -0.25) is 9.10 Å². The second kappa shape index (κ2) is 10.8. The van der Waals surface area contributed by atoms with Crippen LogP contribution in [0.1, 0.15) is 15.9 Å². The number of sulfonamides is 1. The smallest absolute Gasteiger partial charge is 0.255 e. The van der Waals surface area contributed by atoms with Gasteiger partial charge in [-0.15, -0.1) is 0 Å². The molecule has 0 aliphatic rings. The van der Waals surface area contributed by atoms with Crippen molar-refractivity contribution in [2.75, 3.05) is 37.9 Å². The van der Waals surface area contributed by atoms with Crippen molar-refractivity contribution in [3.8, 4) is 34.6 Å². The van der Waals surface area contributed by atoms with Gasteiger partial charge in [-0.2, -0.15) is 5.26 Å². The average Bonchev–Trinajstić information content (AvgIpc) is 3.28. The molecule has 3 aromatic carbocycles. The third-order valence-corrected chi connectivity index (χ3v) is 6.91. The number of ether oxygens (including phenoxy) is 2. The number of methoxy groups -OCH3 is 1. The molecule has 0 atom stereocenters. The minimum atomic E-state index is -3.75. The van der Waals surface area contributed by atoms with Gasteiger partial charge in [-0.1, -0.05) is 6.07 Å². The fourth-order valence-corrected chi connectivity index (χ4v) is 4.93. The summed E-state index contributed by atoms with van der Waals surface area (Å²) in [5, 5.41) is 21.6. The Morgan fingerprint density at radius 1 is 1.13 bits per heavy atom. The van der Waals surface area contributed by atoms with Gasteiger partial charge in [0.1, 0.15) is 28.6 Å². The van der Waals surface area contributed by atoms with Gasteiger partial charge in [0.05, 0.1) is 49.4 Å². The van der Waals surface area contributed by atoms with E-state index >= 15 is 0 Å². The predicted octanol–water partition coefficient (Wildman–Crippen LogP) is 3.89. The molecule has 0 fully saturated rings. The van der Waals surface area contributed by atoms with Crippen LogP contribution >= 0.6 is 0 Å². The Kier molecular flexibility index (Phi) is 7.57. The Hall–Kier alpha value is -4.53. The summed E-state index contributed by atoms with van der Waals surface area (Å²) in [6.45, 7) is -0.592. The number of anilines is 1. The molecule has 11 heteroatoms. The molecule has 38 heavy (non-hydrogen) atoms. The largest absolute Gasteiger partial charge is 0.495 e. The summed E-state index contributed by atoms with van der Waals surface area (Å²) in [7, 11) is -0.872. The quantitative estimate of drug-likeness (QED) is 0.329. The Balaban J connectivity index is 1.81. The highest BCUT2D eigenvalue weighted by Crippen LogP contribution is 2.41. The predicted molar refractivity (Wildman–Crippen MR) is 142 cm³/mol. The standard InChI is InChI=1S/C27H25N3O7S/c1-29-27(32)25-21-14-24(35-2)22(30(11-12-31)38(3,33)34)15-23(21)37-26(25)18-7-9-19(10-8-18)36-20-6-4-5-17(13-20)16-28/h4-10,13-15,31H,11-12H2,1-3H3,(H,29,32). The molecule has 0 aliphatic carbocycles. The average molecular weight is 536 g/mol. The van der Waals surface area contributed by atoms with Crippen LogP contribution in [-0.4, -0.2) is 53.0 Å². The summed E-state index contributed by atoms with van der Waals surface area (Å²) in [4.78, 5) is 12.9. The fraction of sp³-hybridized carbons (Fsp3) is 0.185. The molecule has 1 amide bonds. The maximum atomic E-state index is 12.9. The molecule has 0 saturated heterocycles. The molecule has 0 bridgehead atoms. The van der Waals surface area contributed by atoms with Crippen LogP contribution in [0.25, 0.3) is 22.3 Å². The number of carbonyl (C=O) groups is 1. The number of benzene rings is 3. The summed E-state index contributed by atoms with van der Waals surface area (Å²) < 4.78 is 43.2. The van der Waals surface area contributed by atoms with Crippen molar-refractivity contribution >= 4 is 32.6 Å². The first kappa shape index (κ1) is 26.5. The van der Waals surface area contributed by atoms with Crippen LogP contribution in [0.2, 0.25) is 0 Å². The van der Waals surface area contributed by atoms with Crippen molar-refractivity contribution in [1.29, 1.82) is 5.26 Å². The molecule has 0 unspecified atom stereocenters. The first-order valence-corrected chi connectivity index (χ1v) is 13.3. The Bertz CT molecular complexity index is 1640. The number of hydrogen-bond donors (Lipinski definition) is 2. The summed E-state index contributed by atoms with van der Waals surface area (Å²) in [5.41, 5.74) is 1.72. The number of aliphatic hydroxyl groups excluding tert-OH is 1. The van der Waals surface area contributed by atoms with Crippen molar-refractivity contribution in [3.63, 3.8) is 0 Å². The van der Waals surface area contributed by atoms with Crippen LogP contribution in [0, 0.1) is 11.3 Å². The lowest BCUT2D eigenvalue weighted by atomic mass is 10.0. The fourth-order valence-electron chi connectivity index (χ4n) is 4.02. The number of carbonyl (C=O) groups excluding carboxylic acids is 1. The monoisotopic (exact) mass is 535 g/mol. The first-order chi connectivity index (χ1) is 18.2. The Labute approximate surface area is 219 Å². The lowest BCUT2D eigenvalue weighted by Crippen LogP contribution is -2.32. The Morgan fingerprint density at radius 2 is 1.87 bits per heavy atom. The second-order valence-corrected chi connectivity index (χ2v) is 10.1. The van der Waals surface area contributed by atoms with Gasteiger partial charge < -0.3 is 24.3 Å². The minimum absolute atomic E-state index is 0.170. The normalized spacial score (nSPS) is 11.1. The first-order valence-electron chi connectivity index (χ1n) is 11.4. The van der Waals surface area contributed by atoms with Gasteiger partial charge >= 0.3 is 0 Å². The molecule has 0 radical (unpaired) electrons. The van der Waals surface area contributed by atoms with Crippen molar-refractivity contribution in [1.82, 2.24) is 5.32 Å². The number of furan rings is 1. The number of amides is 1. The molecule has 2 N–H and O–H groups in total. The van der Waals surface area contributed by atoms with E-state index in [9.17, 15) is 18.3 Å². The van der Waals surface area contributed by atoms with Gasteiger partial charge in [-0.05, 0) is 48.5 Å². The van der Waals surface area contributed by atoms with Gasteiger partial charge in [0.2, 0.25) is 10.0 Å². The van der Waals surface area contributed by atoms with Crippen LogP contribution in [-0.2, 0) is 10.0 Å². The number of hydrogen-bond acceptors (Lipinski definition) is 8. The maximum absolute atomic E-state index is 12.9. The minimum Gasteiger partial charge on any atom is -0.495 e. The van der Waals surface area contributed by atoms with E-state index in [1.54, 1.807) is 48.5 Å². The Morgan fingerprint density at radius 3 is 2.47 bits per heavy atom. The van der Waals surface area contributed by atoms with E-state index in [0.717, 1.165) is 10.6 Å². The van der Waals surface area contributed by atoms with Crippen LogP contribution in [0.15, 0.2) is 65.1 Å². The summed E-state index contributed by atoms with van der Waals surface area (Å²) in [6, 6.07) is 18.7. The van der Waals surface area contributed by atoms with E-state index in [-0.39, 0.29) is 34.9 Å². The van der Waals surface area contributed by atoms with E-state index < -0.39 is 22.5 Å². The SMILES string of the molecule is CNC(=O)c1c(-c2ccc(Oc3cccc(C#N)c3)cc2)oc2cc(N(CCO)S(C)(=O)=O)c(OC)cc12. The van der Waals surface area contributed by atoms with Gasteiger partial charge in [0.25, 0.3) is 5.91 Å².